The quantitative estimate of drug-likeness (QED) is 0.226. The van der Waals surface area contributed by atoms with Crippen LogP contribution < -0.4 is 0 Å². The van der Waals surface area contributed by atoms with Gasteiger partial charge >= 0.3 is 0 Å². The van der Waals surface area contributed by atoms with Crippen LogP contribution in [0.3, 0.4) is 0 Å². The molecule has 198 valence electrons. The summed E-state index contributed by atoms with van der Waals surface area (Å²) in [5, 5.41) is 11.7. The number of Topliss-reactive ketones (excluding diaryl/α,β-unsaturated/α-hetero) is 2. The van der Waals surface area contributed by atoms with Crippen molar-refractivity contribution >= 4 is 11.6 Å². The van der Waals surface area contributed by atoms with Gasteiger partial charge in [0.1, 0.15) is 0 Å². The van der Waals surface area contributed by atoms with Gasteiger partial charge in [-0.2, -0.15) is 0 Å². The Morgan fingerprint density at radius 3 is 2.03 bits per heavy atom. The molecule has 3 aliphatic carbocycles. The minimum atomic E-state index is -0.746. The molecule has 37 heavy (non-hydrogen) atoms. The second-order valence-corrected chi connectivity index (χ2v) is 12.9. The number of hydrogen-bond donors (Lipinski definition) is 1. The lowest BCUT2D eigenvalue weighted by molar-refractivity contribution is -0.182. The zero-order valence-electron chi connectivity index (χ0n) is 23.9. The summed E-state index contributed by atoms with van der Waals surface area (Å²) in [5.41, 5.74) is 4.26. The highest BCUT2D eigenvalue weighted by Gasteiger charge is 2.75. The predicted octanol–water partition coefficient (Wildman–Crippen LogP) is 7.68. The lowest BCUT2D eigenvalue weighted by Gasteiger charge is -2.66. The van der Waals surface area contributed by atoms with E-state index in [-0.39, 0.29) is 46.2 Å². The van der Waals surface area contributed by atoms with Crippen LogP contribution in [0.4, 0.5) is 0 Å². The topological polar surface area (TPSA) is 54.4 Å². The molecule has 1 aromatic rings. The van der Waals surface area contributed by atoms with Crippen LogP contribution in [-0.4, -0.2) is 22.8 Å². The molecule has 1 N–H and O–H groups in total. The van der Waals surface area contributed by atoms with E-state index in [9.17, 15) is 14.7 Å². The fourth-order valence-corrected chi connectivity index (χ4v) is 7.73. The number of carbonyl (C=O) groups excluding carboxylic acids is 2. The first kappa shape index (κ1) is 27.5. The summed E-state index contributed by atoms with van der Waals surface area (Å²) in [7, 11) is 0. The maximum Gasteiger partial charge on any atom is 0.196 e. The number of carbonyl (C=O) groups is 2. The highest BCUT2D eigenvalue weighted by Crippen LogP contribution is 2.74. The molecule has 0 saturated heterocycles. The molecular formula is C34H44O3. The third-order valence-corrected chi connectivity index (χ3v) is 9.49. The number of rotatable bonds is 8. The maximum atomic E-state index is 14.7. The fourth-order valence-electron chi connectivity index (χ4n) is 7.73. The van der Waals surface area contributed by atoms with E-state index < -0.39 is 11.5 Å². The van der Waals surface area contributed by atoms with Crippen LogP contribution in [0.2, 0.25) is 0 Å². The van der Waals surface area contributed by atoms with Crippen molar-refractivity contribution in [3.63, 3.8) is 0 Å². The van der Waals surface area contributed by atoms with Crippen molar-refractivity contribution < 1.29 is 14.7 Å². The van der Waals surface area contributed by atoms with Gasteiger partial charge in [0.25, 0.3) is 0 Å². The molecule has 3 heteroatoms. The number of benzene rings is 1. The Morgan fingerprint density at radius 1 is 0.892 bits per heavy atom. The van der Waals surface area contributed by atoms with E-state index in [1.54, 1.807) is 12.1 Å². The van der Waals surface area contributed by atoms with Crippen molar-refractivity contribution in [2.45, 2.75) is 80.8 Å². The van der Waals surface area contributed by atoms with E-state index in [0.717, 1.165) is 12.8 Å². The van der Waals surface area contributed by atoms with Gasteiger partial charge in [-0.1, -0.05) is 79.1 Å². The van der Waals surface area contributed by atoms with Crippen LogP contribution in [0, 0.1) is 34.5 Å². The van der Waals surface area contributed by atoms with Crippen molar-refractivity contribution in [2.24, 2.45) is 34.5 Å². The number of ketones is 2. The van der Waals surface area contributed by atoms with Crippen molar-refractivity contribution in [2.75, 3.05) is 0 Å². The van der Waals surface area contributed by atoms with Gasteiger partial charge < -0.3 is 5.11 Å². The number of aliphatic hydroxyl groups is 1. The molecule has 3 aliphatic rings. The zero-order chi connectivity index (χ0) is 27.3. The van der Waals surface area contributed by atoms with Gasteiger partial charge in [0.05, 0.1) is 11.7 Å². The predicted molar refractivity (Wildman–Crippen MR) is 151 cm³/mol. The molecule has 2 saturated carbocycles. The van der Waals surface area contributed by atoms with E-state index in [2.05, 4.69) is 73.6 Å². The summed E-state index contributed by atoms with van der Waals surface area (Å²) in [6, 6.07) is 9.10. The van der Waals surface area contributed by atoms with Crippen LogP contribution in [0.1, 0.15) is 85.0 Å². The van der Waals surface area contributed by atoms with Crippen molar-refractivity contribution in [3.8, 4) is 0 Å². The number of aliphatic hydroxyl groups excluding tert-OH is 1. The SMILES string of the molecule is CC(C)=CCC1C2C(O)C3=C(C(=O)c4ccccc4)C(=O)C(CC=C(C)C)(C32)C(CC=C(C)C)C1(C)C. The standard InChI is InChI=1S/C34H44O3/c1-20(2)14-16-24-26-29-27(31(26)36)28(30(35)23-12-10-9-11-13-23)32(37)34(29,19-18-22(5)6)25(33(24,7)8)17-15-21(3)4/h9-15,18,24-26,29,31,36H,16-17,19H2,1-8H3. The van der Waals surface area contributed by atoms with E-state index in [4.69, 9.17) is 0 Å². The zero-order valence-corrected chi connectivity index (χ0v) is 23.9. The Morgan fingerprint density at radius 2 is 1.46 bits per heavy atom. The minimum Gasteiger partial charge on any atom is -0.388 e. The molecule has 1 aromatic carbocycles. The number of allylic oxidation sites excluding steroid dienone is 7. The summed E-state index contributed by atoms with van der Waals surface area (Å²) in [5.74, 6) is -0.115. The summed E-state index contributed by atoms with van der Waals surface area (Å²) in [4.78, 5) is 28.6. The molecule has 3 nitrogen and oxygen atoms in total. The first-order valence-electron chi connectivity index (χ1n) is 13.8. The highest BCUT2D eigenvalue weighted by atomic mass is 16.3. The first-order valence-corrected chi connectivity index (χ1v) is 13.8. The van der Waals surface area contributed by atoms with Gasteiger partial charge in [0.2, 0.25) is 0 Å². The van der Waals surface area contributed by atoms with Gasteiger partial charge in [-0.3, -0.25) is 9.59 Å². The Balaban J connectivity index is 1.95. The van der Waals surface area contributed by atoms with Crippen molar-refractivity contribution in [3.05, 3.63) is 82.0 Å². The van der Waals surface area contributed by atoms with E-state index in [1.165, 1.54) is 16.7 Å². The molecule has 0 aliphatic heterocycles. The molecule has 0 aromatic heterocycles. The minimum absolute atomic E-state index is 0.0286. The normalized spacial score (nSPS) is 31.3. The molecule has 0 amide bonds. The third-order valence-electron chi connectivity index (χ3n) is 9.49. The Kier molecular flexibility index (Phi) is 7.42. The van der Waals surface area contributed by atoms with Gasteiger partial charge in [0.15, 0.2) is 11.6 Å². The molecule has 0 bridgehead atoms. The monoisotopic (exact) mass is 500 g/mol. The molecule has 0 radical (unpaired) electrons. The molecule has 4 rings (SSSR count). The summed E-state index contributed by atoms with van der Waals surface area (Å²) in [6.07, 6.45) is 8.28. The van der Waals surface area contributed by atoms with Crippen LogP contribution in [-0.2, 0) is 4.79 Å². The molecule has 6 atom stereocenters. The fraction of sp³-hybridized carbons (Fsp3) is 0.529. The van der Waals surface area contributed by atoms with Crippen LogP contribution in [0.5, 0.6) is 0 Å². The number of hydrogen-bond acceptors (Lipinski definition) is 3. The van der Waals surface area contributed by atoms with E-state index in [0.29, 0.717) is 17.6 Å². The summed E-state index contributed by atoms with van der Waals surface area (Å²) >= 11 is 0. The first-order chi connectivity index (χ1) is 17.4. The average molecular weight is 501 g/mol. The lowest BCUT2D eigenvalue weighted by atomic mass is 9.37. The lowest BCUT2D eigenvalue weighted by Crippen LogP contribution is -2.66. The Hall–Kier alpha value is -2.52. The van der Waals surface area contributed by atoms with Gasteiger partial charge in [0, 0.05) is 22.8 Å². The van der Waals surface area contributed by atoms with Crippen molar-refractivity contribution in [1.29, 1.82) is 0 Å². The molecule has 2 fully saturated rings. The summed E-state index contributed by atoms with van der Waals surface area (Å²) < 4.78 is 0. The second-order valence-electron chi connectivity index (χ2n) is 12.9. The van der Waals surface area contributed by atoms with Crippen molar-refractivity contribution in [1.82, 2.24) is 0 Å². The van der Waals surface area contributed by atoms with E-state index in [1.807, 2.05) is 18.2 Å². The average Bonchev–Trinajstić information content (AvgIpc) is 3.06. The van der Waals surface area contributed by atoms with Gasteiger partial charge in [-0.15, -0.1) is 0 Å². The molecule has 0 spiro atoms. The molecular weight excluding hydrogens is 456 g/mol. The van der Waals surface area contributed by atoms with Gasteiger partial charge in [-0.05, 0) is 83.6 Å². The smallest absolute Gasteiger partial charge is 0.196 e. The Labute approximate surface area is 223 Å². The molecule has 0 heterocycles. The summed E-state index contributed by atoms with van der Waals surface area (Å²) in [6.45, 7) is 17.2. The maximum absolute atomic E-state index is 14.7. The Bertz CT molecular complexity index is 1200. The molecule has 6 unspecified atom stereocenters. The van der Waals surface area contributed by atoms with Crippen LogP contribution in [0.25, 0.3) is 0 Å². The van der Waals surface area contributed by atoms with Crippen LogP contribution >= 0.6 is 0 Å². The third kappa shape index (κ3) is 4.34. The highest BCUT2D eigenvalue weighted by molar-refractivity contribution is 6.30. The second kappa shape index (κ2) is 9.98. The van der Waals surface area contributed by atoms with E-state index >= 15 is 0 Å². The van der Waals surface area contributed by atoms with Gasteiger partial charge in [-0.25, -0.2) is 0 Å². The van der Waals surface area contributed by atoms with Crippen LogP contribution in [0.15, 0.2) is 76.4 Å². The largest absolute Gasteiger partial charge is 0.388 e.